The first kappa shape index (κ1) is 16.0. The zero-order chi connectivity index (χ0) is 13.2. The van der Waals surface area contributed by atoms with Gasteiger partial charge in [0.2, 0.25) is 0 Å². The molecule has 0 aliphatic heterocycles. The highest BCUT2D eigenvalue weighted by molar-refractivity contribution is 9.09. The lowest BCUT2D eigenvalue weighted by atomic mass is 9.85. The van der Waals surface area contributed by atoms with Crippen LogP contribution in [-0.2, 0) is 9.53 Å². The molecule has 3 heteroatoms. The molecule has 106 valence electrons. The van der Waals surface area contributed by atoms with E-state index in [4.69, 9.17) is 4.74 Å². The average Bonchev–Trinajstić information content (AvgIpc) is 2.37. The minimum atomic E-state index is 0.0171. The maximum absolute atomic E-state index is 11.6. The van der Waals surface area contributed by atoms with E-state index in [2.05, 4.69) is 22.9 Å². The van der Waals surface area contributed by atoms with E-state index in [1.807, 2.05) is 0 Å². The van der Waals surface area contributed by atoms with E-state index in [1.54, 1.807) is 0 Å². The van der Waals surface area contributed by atoms with Crippen molar-refractivity contribution in [1.82, 2.24) is 0 Å². The van der Waals surface area contributed by atoms with E-state index in [9.17, 15) is 4.79 Å². The van der Waals surface area contributed by atoms with Gasteiger partial charge in [0.25, 0.3) is 0 Å². The van der Waals surface area contributed by atoms with E-state index in [1.165, 1.54) is 25.7 Å². The van der Waals surface area contributed by atoms with E-state index in [-0.39, 0.29) is 12.1 Å². The second kappa shape index (κ2) is 9.82. The summed E-state index contributed by atoms with van der Waals surface area (Å²) in [6.07, 6.45) is 11.3. The summed E-state index contributed by atoms with van der Waals surface area (Å²) in [6.45, 7) is 2.25. The lowest BCUT2D eigenvalue weighted by Crippen LogP contribution is -2.24. The fourth-order valence-electron chi connectivity index (χ4n) is 2.73. The first-order valence-electron chi connectivity index (χ1n) is 7.51. The predicted octanol–water partition coefficient (Wildman–Crippen LogP) is 4.84. The molecule has 0 bridgehead atoms. The Hall–Kier alpha value is -0.0500. The summed E-state index contributed by atoms with van der Waals surface area (Å²) in [5.41, 5.74) is 0. The van der Waals surface area contributed by atoms with Crippen LogP contribution in [0.4, 0.5) is 0 Å². The Kier molecular flexibility index (Phi) is 8.74. The number of hydrogen-bond acceptors (Lipinski definition) is 2. The van der Waals surface area contributed by atoms with Crippen molar-refractivity contribution >= 4 is 21.9 Å². The van der Waals surface area contributed by atoms with Crippen molar-refractivity contribution in [2.45, 2.75) is 77.2 Å². The van der Waals surface area contributed by atoms with Gasteiger partial charge in [-0.15, -0.1) is 0 Å². The third kappa shape index (κ3) is 6.77. The number of ether oxygens (including phenoxy) is 1. The molecule has 1 rings (SSSR count). The minimum Gasteiger partial charge on any atom is -0.462 e. The van der Waals surface area contributed by atoms with Gasteiger partial charge >= 0.3 is 5.97 Å². The zero-order valence-electron chi connectivity index (χ0n) is 11.6. The number of carbonyl (C=O) groups is 1. The van der Waals surface area contributed by atoms with Crippen molar-refractivity contribution in [2.75, 3.05) is 5.33 Å². The maximum atomic E-state index is 11.6. The van der Waals surface area contributed by atoms with Crippen LogP contribution < -0.4 is 0 Å². The smallest absolute Gasteiger partial charge is 0.306 e. The summed E-state index contributed by atoms with van der Waals surface area (Å²) in [4.78, 5) is 11.6. The molecule has 0 unspecified atom stereocenters. The highest BCUT2D eigenvalue weighted by Crippen LogP contribution is 2.29. The molecule has 1 aliphatic rings. The second-order valence-corrected chi connectivity index (χ2v) is 6.21. The molecule has 1 aliphatic carbocycles. The normalized spacial score (nSPS) is 23.9. The van der Waals surface area contributed by atoms with Gasteiger partial charge in [-0.1, -0.05) is 42.1 Å². The molecule has 0 amide bonds. The van der Waals surface area contributed by atoms with Gasteiger partial charge in [0, 0.05) is 11.8 Å². The van der Waals surface area contributed by atoms with E-state index in [0.717, 1.165) is 43.4 Å². The molecule has 0 spiro atoms. The molecule has 0 atom stereocenters. The van der Waals surface area contributed by atoms with Crippen molar-refractivity contribution in [1.29, 1.82) is 0 Å². The van der Waals surface area contributed by atoms with Crippen molar-refractivity contribution in [3.05, 3.63) is 0 Å². The van der Waals surface area contributed by atoms with Gasteiger partial charge in [-0.05, 0) is 44.4 Å². The number of esters is 1. The highest BCUT2D eigenvalue weighted by atomic mass is 79.9. The lowest BCUT2D eigenvalue weighted by Gasteiger charge is -2.28. The molecule has 0 radical (unpaired) electrons. The molecule has 1 fully saturated rings. The third-order valence-corrected chi connectivity index (χ3v) is 4.36. The molecule has 1 saturated carbocycles. The van der Waals surface area contributed by atoms with E-state index < -0.39 is 0 Å². The summed E-state index contributed by atoms with van der Waals surface area (Å²) in [5.74, 6) is 0.896. The number of halogens is 1. The Labute approximate surface area is 120 Å². The van der Waals surface area contributed by atoms with Crippen LogP contribution >= 0.6 is 15.9 Å². The Bertz CT molecular complexity index is 223. The fraction of sp³-hybridized carbons (Fsp3) is 0.933. The Morgan fingerprint density at radius 2 is 1.89 bits per heavy atom. The number of rotatable bonds is 8. The molecule has 0 heterocycles. The number of carbonyl (C=O) groups excluding carboxylic acids is 1. The van der Waals surface area contributed by atoms with E-state index in [0.29, 0.717) is 6.42 Å². The van der Waals surface area contributed by atoms with Gasteiger partial charge in [0.1, 0.15) is 6.10 Å². The molecule has 0 aromatic carbocycles. The number of hydrogen-bond donors (Lipinski definition) is 0. The van der Waals surface area contributed by atoms with Crippen molar-refractivity contribution in [3.63, 3.8) is 0 Å². The minimum absolute atomic E-state index is 0.0171. The fourth-order valence-corrected chi connectivity index (χ4v) is 3.13. The van der Waals surface area contributed by atoms with Gasteiger partial charge in [0.15, 0.2) is 0 Å². The standard InChI is InChI=1S/C15H27BrO2/c1-2-6-13-8-10-14(11-9-13)18-15(17)7-4-3-5-12-16/h13-14H,2-12H2,1H3. The molecule has 0 N–H and O–H groups in total. The van der Waals surface area contributed by atoms with Gasteiger partial charge in [-0.2, -0.15) is 0 Å². The SMILES string of the molecule is CCCC1CCC(OC(=O)CCCCCBr)CC1. The van der Waals surface area contributed by atoms with Crippen molar-refractivity contribution in [2.24, 2.45) is 5.92 Å². The molecule has 0 saturated heterocycles. The maximum Gasteiger partial charge on any atom is 0.306 e. The van der Waals surface area contributed by atoms with Crippen LogP contribution in [0.15, 0.2) is 0 Å². The van der Waals surface area contributed by atoms with Gasteiger partial charge in [0.05, 0.1) is 0 Å². The van der Waals surface area contributed by atoms with Crippen molar-refractivity contribution in [3.8, 4) is 0 Å². The van der Waals surface area contributed by atoms with Crippen LogP contribution in [0.2, 0.25) is 0 Å². The number of alkyl halides is 1. The quantitative estimate of drug-likeness (QED) is 0.363. The second-order valence-electron chi connectivity index (χ2n) is 5.42. The molecule has 0 aromatic rings. The zero-order valence-corrected chi connectivity index (χ0v) is 13.2. The van der Waals surface area contributed by atoms with Crippen LogP contribution in [0.25, 0.3) is 0 Å². The van der Waals surface area contributed by atoms with Crippen LogP contribution in [0.3, 0.4) is 0 Å². The van der Waals surface area contributed by atoms with Gasteiger partial charge in [-0.3, -0.25) is 4.79 Å². The van der Waals surface area contributed by atoms with Crippen LogP contribution in [0, 0.1) is 5.92 Å². The molecular formula is C15H27BrO2. The largest absolute Gasteiger partial charge is 0.462 e. The Balaban J connectivity index is 2.07. The Morgan fingerprint density at radius 3 is 2.50 bits per heavy atom. The molecule has 18 heavy (non-hydrogen) atoms. The van der Waals surface area contributed by atoms with E-state index >= 15 is 0 Å². The highest BCUT2D eigenvalue weighted by Gasteiger charge is 2.23. The first-order chi connectivity index (χ1) is 8.76. The average molecular weight is 319 g/mol. The molecular weight excluding hydrogens is 292 g/mol. The summed E-state index contributed by atoms with van der Waals surface area (Å²) in [7, 11) is 0. The molecule has 2 nitrogen and oxygen atoms in total. The molecule has 0 aromatic heterocycles. The third-order valence-electron chi connectivity index (χ3n) is 3.80. The summed E-state index contributed by atoms with van der Waals surface area (Å²) in [5, 5.41) is 1.03. The van der Waals surface area contributed by atoms with Gasteiger partial charge < -0.3 is 4.74 Å². The number of unbranched alkanes of at least 4 members (excludes halogenated alkanes) is 2. The van der Waals surface area contributed by atoms with Crippen molar-refractivity contribution < 1.29 is 9.53 Å². The van der Waals surface area contributed by atoms with Gasteiger partial charge in [-0.25, -0.2) is 0 Å². The van der Waals surface area contributed by atoms with Crippen LogP contribution in [0.1, 0.15) is 71.1 Å². The monoisotopic (exact) mass is 318 g/mol. The lowest BCUT2D eigenvalue weighted by molar-refractivity contribution is -0.151. The van der Waals surface area contributed by atoms with Crippen LogP contribution in [-0.4, -0.2) is 17.4 Å². The predicted molar refractivity (Wildman–Crippen MR) is 79.0 cm³/mol. The summed E-state index contributed by atoms with van der Waals surface area (Å²) >= 11 is 3.40. The first-order valence-corrected chi connectivity index (χ1v) is 8.63. The summed E-state index contributed by atoms with van der Waals surface area (Å²) in [6, 6.07) is 0. The van der Waals surface area contributed by atoms with Crippen LogP contribution in [0.5, 0.6) is 0 Å². The topological polar surface area (TPSA) is 26.3 Å². The Morgan fingerprint density at radius 1 is 1.17 bits per heavy atom. The summed E-state index contributed by atoms with van der Waals surface area (Å²) < 4.78 is 5.55.